The predicted octanol–water partition coefficient (Wildman–Crippen LogP) is 31.8. The fourth-order valence-electron chi connectivity index (χ4n) is 20.0. The Labute approximate surface area is 703 Å². The summed E-state index contributed by atoms with van der Waals surface area (Å²) in [5.74, 6) is 0. The fourth-order valence-corrected chi connectivity index (χ4v) is 20.0. The van der Waals surface area contributed by atoms with Gasteiger partial charge in [0, 0.05) is 45.5 Å². The molecule has 0 bridgehead atoms. The van der Waals surface area contributed by atoms with E-state index in [9.17, 15) is 0 Å². The number of anilines is 12. The van der Waals surface area contributed by atoms with E-state index in [0.717, 1.165) is 77.6 Å². The zero-order valence-corrected chi connectivity index (χ0v) is 68.4. The van der Waals surface area contributed by atoms with Crippen LogP contribution >= 0.6 is 0 Å². The topological polar surface area (TPSA) is 13.0 Å². The van der Waals surface area contributed by atoms with E-state index >= 15 is 0 Å². The van der Waals surface area contributed by atoms with Gasteiger partial charge in [-0.3, -0.25) is 0 Å². The number of aryl methyl sites for hydroxylation is 4. The number of benzene rings is 18. The monoisotopic (exact) mass is 1540 g/mol. The van der Waals surface area contributed by atoms with Crippen LogP contribution < -0.4 is 19.6 Å². The van der Waals surface area contributed by atoms with Crippen molar-refractivity contribution in [1.82, 2.24) is 0 Å². The average molecular weight is 1540 g/mol. The molecule has 0 radical (unpaired) electrons. The molecule has 574 valence electrons. The van der Waals surface area contributed by atoms with Gasteiger partial charge in [0.15, 0.2) is 0 Å². The van der Waals surface area contributed by atoms with Crippen molar-refractivity contribution in [2.45, 2.75) is 77.6 Å². The van der Waals surface area contributed by atoms with E-state index in [-0.39, 0.29) is 10.8 Å². The van der Waals surface area contributed by atoms with Crippen LogP contribution in [-0.2, 0) is 42.9 Å². The molecule has 0 unspecified atom stereocenters. The molecule has 0 aliphatic carbocycles. The summed E-state index contributed by atoms with van der Waals surface area (Å²) in [6.07, 6.45) is 13.8. The SMILES string of the molecule is CC(C)(C)c1ccc2c(-c3ccc(N4c5ccccc5C=Cc5ccccc54)cc3)c3ccc(CC(C)(C)c4ccc5c(-c6ccc(N7c8ccccc8CCc8ccccc87)cc6)c6ccccc6c(-c6ccc(N7c8ccccc8CCc8ccccc87)cc6)c5c4)cc3c(-c3ccc(N4c5ccccc5C=Cc5ccccc54)cc3)c2c1. The molecule has 0 amide bonds. The number of hydrogen-bond donors (Lipinski definition) is 0. The highest BCUT2D eigenvalue weighted by atomic mass is 15.2. The van der Waals surface area contributed by atoms with E-state index in [1.807, 2.05) is 0 Å². The highest BCUT2D eigenvalue weighted by Gasteiger charge is 2.31. The Hall–Kier alpha value is -14.3. The lowest BCUT2D eigenvalue weighted by Gasteiger charge is -2.29. The Balaban J connectivity index is 0.717. The lowest BCUT2D eigenvalue weighted by molar-refractivity contribution is 0.523. The summed E-state index contributed by atoms with van der Waals surface area (Å²) in [4.78, 5) is 9.84. The summed E-state index contributed by atoms with van der Waals surface area (Å²) in [7, 11) is 0. The molecular formula is C116H90N4. The molecule has 0 atom stereocenters. The third kappa shape index (κ3) is 12.4. The Morgan fingerprint density at radius 3 is 0.808 bits per heavy atom. The number of fused-ring (bicyclic) bond motifs is 12. The summed E-state index contributed by atoms with van der Waals surface area (Å²) in [5.41, 5.74) is 37.3. The minimum atomic E-state index is -0.366. The van der Waals surface area contributed by atoms with Gasteiger partial charge in [-0.1, -0.05) is 320 Å². The molecule has 4 aliphatic rings. The predicted molar refractivity (Wildman–Crippen MR) is 511 cm³/mol. The molecule has 4 aliphatic heterocycles. The summed E-state index contributed by atoms with van der Waals surface area (Å²) >= 11 is 0. The van der Waals surface area contributed by atoms with Crippen molar-refractivity contribution >= 4 is 136 Å². The summed E-state index contributed by atoms with van der Waals surface area (Å²) in [5, 5.41) is 9.82. The molecule has 0 saturated carbocycles. The number of nitrogens with zero attached hydrogens (tertiary/aromatic N) is 4. The molecule has 18 aromatic rings. The van der Waals surface area contributed by atoms with Gasteiger partial charge in [0.25, 0.3) is 0 Å². The fraction of sp³-hybridized carbons (Fsp3) is 0.103. The van der Waals surface area contributed by atoms with Crippen LogP contribution in [0.5, 0.6) is 0 Å². The van der Waals surface area contributed by atoms with E-state index in [2.05, 4.69) is 449 Å². The van der Waals surface area contributed by atoms with Crippen molar-refractivity contribution in [2.75, 3.05) is 19.6 Å². The van der Waals surface area contributed by atoms with E-state index in [0.29, 0.717) is 0 Å². The van der Waals surface area contributed by atoms with Crippen molar-refractivity contribution < 1.29 is 0 Å². The molecular weight excluding hydrogens is 1450 g/mol. The summed E-state index contributed by atoms with van der Waals surface area (Å²) in [6, 6.07) is 140. The zero-order chi connectivity index (χ0) is 80.3. The highest BCUT2D eigenvalue weighted by molar-refractivity contribution is 6.23. The standard InChI is InChI=1S/C116H90N4/c1-115(2,3)89-59-70-98-101(73-89)114(88-57-67-94(68-58-88)120-109-40-22-12-30-83(109)49-50-84-31-13-23-41-110(84)120)100-72-76(42-69-97(100)112(98)86-53-63-92(64-54-86)118-105-36-18-8-26-79(105)45-46-80-27-9-19-37-106(80)118)75-116(4,5)90-60-71-99-102(74-90)113(87-55-65-93(66-56-87)119-107-38-20-10-28-81(107)47-48-82-29-11-21-39-108(82)119)96-33-15-14-32-95(96)111(99)85-51-61-91(62-52-85)117-103-34-16-6-24-77(103)43-44-78-25-7-17-35-104(78)117/h6-42,45-46,49-74H,43-44,47-48,75H2,1-5H3. The van der Waals surface area contributed by atoms with Crippen molar-refractivity contribution in [3.8, 4) is 44.5 Å². The van der Waals surface area contributed by atoms with Crippen molar-refractivity contribution in [3.05, 3.63) is 431 Å². The Morgan fingerprint density at radius 2 is 0.467 bits per heavy atom. The molecule has 0 aromatic heterocycles. The van der Waals surface area contributed by atoms with Crippen molar-refractivity contribution in [1.29, 1.82) is 0 Å². The number of hydrogen-bond acceptors (Lipinski definition) is 4. The maximum absolute atomic E-state index is 2.57. The lowest BCUT2D eigenvalue weighted by Crippen LogP contribution is -2.20. The second kappa shape index (κ2) is 29.1. The van der Waals surface area contributed by atoms with Gasteiger partial charge in [0.2, 0.25) is 0 Å². The van der Waals surface area contributed by atoms with Crippen LogP contribution in [0.15, 0.2) is 370 Å². The van der Waals surface area contributed by atoms with E-state index in [4.69, 9.17) is 0 Å². The minimum absolute atomic E-state index is 0.130. The van der Waals surface area contributed by atoms with Crippen LogP contribution in [0, 0.1) is 0 Å². The van der Waals surface area contributed by atoms with Crippen LogP contribution in [0.4, 0.5) is 68.2 Å². The van der Waals surface area contributed by atoms with Gasteiger partial charge in [-0.15, -0.1) is 0 Å². The third-order valence-corrected chi connectivity index (χ3v) is 26.0. The Morgan fingerprint density at radius 1 is 0.217 bits per heavy atom. The number of para-hydroxylation sites is 8. The Bertz CT molecular complexity index is 7000. The quantitative estimate of drug-likeness (QED) is 0.120. The largest absolute Gasteiger partial charge is 0.310 e. The van der Waals surface area contributed by atoms with Gasteiger partial charge >= 0.3 is 0 Å². The first kappa shape index (κ1) is 72.2. The minimum Gasteiger partial charge on any atom is -0.310 e. The van der Waals surface area contributed by atoms with Crippen molar-refractivity contribution in [3.63, 3.8) is 0 Å². The maximum Gasteiger partial charge on any atom is 0.0534 e. The molecule has 0 spiro atoms. The maximum atomic E-state index is 2.57. The van der Waals surface area contributed by atoms with Gasteiger partial charge < -0.3 is 19.6 Å². The molecule has 18 aromatic carbocycles. The van der Waals surface area contributed by atoms with Crippen LogP contribution in [0.25, 0.3) is 112 Å². The molecule has 4 heterocycles. The first-order valence-electron chi connectivity index (χ1n) is 42.6. The van der Waals surface area contributed by atoms with Gasteiger partial charge in [-0.05, 0) is 301 Å². The third-order valence-electron chi connectivity index (χ3n) is 26.0. The second-order valence-electron chi connectivity index (χ2n) is 34.7. The average Bonchev–Trinajstić information content (AvgIpc) is 0.967. The molecule has 0 fully saturated rings. The molecule has 4 nitrogen and oxygen atoms in total. The molecule has 22 rings (SSSR count). The zero-order valence-electron chi connectivity index (χ0n) is 68.4. The second-order valence-corrected chi connectivity index (χ2v) is 34.7. The van der Waals surface area contributed by atoms with E-state index < -0.39 is 0 Å². The normalized spacial score (nSPS) is 13.5. The van der Waals surface area contributed by atoms with Crippen LogP contribution in [0.2, 0.25) is 0 Å². The van der Waals surface area contributed by atoms with E-state index in [1.165, 1.54) is 172 Å². The highest BCUT2D eigenvalue weighted by Crippen LogP contribution is 2.53. The lowest BCUT2D eigenvalue weighted by atomic mass is 9.76. The van der Waals surface area contributed by atoms with Crippen LogP contribution in [0.3, 0.4) is 0 Å². The van der Waals surface area contributed by atoms with Crippen LogP contribution in [-0.4, -0.2) is 0 Å². The number of rotatable bonds is 11. The molecule has 120 heavy (non-hydrogen) atoms. The molecule has 0 saturated heterocycles. The van der Waals surface area contributed by atoms with Crippen molar-refractivity contribution in [2.24, 2.45) is 0 Å². The molecule has 4 heteroatoms. The van der Waals surface area contributed by atoms with Gasteiger partial charge in [-0.2, -0.15) is 0 Å². The van der Waals surface area contributed by atoms with Gasteiger partial charge in [0.05, 0.1) is 22.7 Å². The first-order valence-corrected chi connectivity index (χ1v) is 42.6. The van der Waals surface area contributed by atoms with Gasteiger partial charge in [0.1, 0.15) is 0 Å². The molecule has 0 N–H and O–H groups in total. The smallest absolute Gasteiger partial charge is 0.0534 e. The van der Waals surface area contributed by atoms with Gasteiger partial charge in [-0.25, -0.2) is 0 Å². The summed E-state index contributed by atoms with van der Waals surface area (Å²) in [6.45, 7) is 12.0. The summed E-state index contributed by atoms with van der Waals surface area (Å²) < 4.78 is 0. The van der Waals surface area contributed by atoms with Crippen LogP contribution in [0.1, 0.15) is 95.8 Å². The van der Waals surface area contributed by atoms with E-state index in [1.54, 1.807) is 0 Å². The Kier molecular flexibility index (Phi) is 17.5. The first-order chi connectivity index (χ1) is 58.9.